The number of aliphatic carboxylic acids is 1. The van der Waals surface area contributed by atoms with Crippen molar-refractivity contribution < 1.29 is 33.8 Å². The van der Waals surface area contributed by atoms with Crippen LogP contribution >= 0.6 is 0 Å². The van der Waals surface area contributed by atoms with Crippen molar-refractivity contribution in [2.45, 2.75) is 95.5 Å². The Hall–Kier alpha value is -4.48. The molecule has 2 aromatic rings. The van der Waals surface area contributed by atoms with Crippen molar-refractivity contribution in [3.05, 3.63) is 49.2 Å². The van der Waals surface area contributed by atoms with E-state index in [1.807, 2.05) is 24.3 Å². The van der Waals surface area contributed by atoms with Crippen LogP contribution in [-0.2, 0) is 24.0 Å². The summed E-state index contributed by atoms with van der Waals surface area (Å²) in [6.45, 7) is 8.71. The smallest absolute Gasteiger partial charge is 0.330 e. The molecule has 1 aromatic heterocycles. The van der Waals surface area contributed by atoms with E-state index < -0.39 is 59.4 Å². The standard InChI is InChI=1S/C35H45N5O7/c1-5-23-18-35(23,34(45)46)39-31(42)27-17-24(47-28-15-16-36-26-14-10-9-13-25(26)28)19-40(27)33(44)29(20(2)3)38-32(43)30(37-21(4)41)22-11-7-6-8-12-22/h5,9-10,13-16,20,22-24,27,29-30H,1,6-8,11-12,17-19H2,2-4H3,(H,37,41)(H,38,43)(H,39,42)(H,45,46)/t23-,24-,27-,29+,30+,35-/m1/s1. The Morgan fingerprint density at radius 1 is 1.09 bits per heavy atom. The summed E-state index contributed by atoms with van der Waals surface area (Å²) in [5, 5.41) is 19.1. The lowest BCUT2D eigenvalue weighted by atomic mass is 9.83. The molecule has 4 N–H and O–H groups in total. The molecule has 2 heterocycles. The fraction of sp³-hybridized carbons (Fsp3) is 0.543. The number of rotatable bonds is 12. The molecule has 0 spiro atoms. The van der Waals surface area contributed by atoms with Crippen molar-refractivity contribution >= 4 is 40.5 Å². The van der Waals surface area contributed by atoms with Crippen molar-refractivity contribution in [2.75, 3.05) is 6.54 Å². The number of amides is 4. The summed E-state index contributed by atoms with van der Waals surface area (Å²) in [7, 11) is 0. The first-order valence-corrected chi connectivity index (χ1v) is 16.5. The van der Waals surface area contributed by atoms with Crippen molar-refractivity contribution in [1.29, 1.82) is 0 Å². The quantitative estimate of drug-likeness (QED) is 0.255. The molecule has 3 aliphatic rings. The average Bonchev–Trinajstić information content (AvgIpc) is 3.62. The van der Waals surface area contributed by atoms with Gasteiger partial charge in [0.2, 0.25) is 23.6 Å². The summed E-state index contributed by atoms with van der Waals surface area (Å²) >= 11 is 0. The number of carboxylic acid groups (broad SMARTS) is 1. The number of nitrogens with one attached hydrogen (secondary N) is 3. The molecular weight excluding hydrogens is 602 g/mol. The van der Waals surface area contributed by atoms with E-state index in [0.29, 0.717) is 5.75 Å². The predicted octanol–water partition coefficient (Wildman–Crippen LogP) is 2.95. The molecule has 0 unspecified atom stereocenters. The van der Waals surface area contributed by atoms with Crippen LogP contribution in [0.5, 0.6) is 5.75 Å². The maximum atomic E-state index is 14.4. The molecule has 1 saturated heterocycles. The van der Waals surface area contributed by atoms with E-state index in [9.17, 15) is 29.1 Å². The molecule has 1 aliphatic heterocycles. The highest BCUT2D eigenvalue weighted by Gasteiger charge is 2.61. The zero-order valence-electron chi connectivity index (χ0n) is 27.2. The van der Waals surface area contributed by atoms with Crippen LogP contribution in [-0.4, -0.2) is 80.9 Å². The molecule has 0 bridgehead atoms. The summed E-state index contributed by atoms with van der Waals surface area (Å²) in [6.07, 6.45) is 7.44. The first-order valence-electron chi connectivity index (χ1n) is 16.5. The molecule has 6 atom stereocenters. The lowest BCUT2D eigenvalue weighted by Crippen LogP contribution is -2.60. The Morgan fingerprint density at radius 3 is 2.45 bits per heavy atom. The molecule has 0 radical (unpaired) electrons. The van der Waals surface area contributed by atoms with Crippen LogP contribution in [0.25, 0.3) is 10.9 Å². The normalized spacial score (nSPS) is 25.4. The van der Waals surface area contributed by atoms with Crippen LogP contribution in [0.3, 0.4) is 0 Å². The number of fused-ring (bicyclic) bond motifs is 1. The molecular formula is C35H45N5O7. The third-order valence-corrected chi connectivity index (χ3v) is 9.77. The van der Waals surface area contributed by atoms with Gasteiger partial charge in [0, 0.05) is 30.8 Å². The van der Waals surface area contributed by atoms with E-state index in [1.165, 1.54) is 17.9 Å². The fourth-order valence-corrected chi connectivity index (χ4v) is 7.06. The number of carbonyl (C=O) groups is 5. The molecule has 252 valence electrons. The maximum absolute atomic E-state index is 14.4. The molecule has 47 heavy (non-hydrogen) atoms. The number of carbonyl (C=O) groups excluding carboxylic acids is 4. The minimum absolute atomic E-state index is 0.0371. The largest absolute Gasteiger partial charge is 0.488 e. The van der Waals surface area contributed by atoms with E-state index in [-0.39, 0.29) is 37.1 Å². The van der Waals surface area contributed by atoms with E-state index in [2.05, 4.69) is 27.5 Å². The van der Waals surface area contributed by atoms with Crippen LogP contribution < -0.4 is 20.7 Å². The van der Waals surface area contributed by atoms with Gasteiger partial charge in [-0.05, 0) is 49.3 Å². The van der Waals surface area contributed by atoms with Gasteiger partial charge in [-0.3, -0.25) is 24.2 Å². The monoisotopic (exact) mass is 647 g/mol. The van der Waals surface area contributed by atoms with Crippen LogP contribution in [0.4, 0.5) is 0 Å². The molecule has 12 nitrogen and oxygen atoms in total. The van der Waals surface area contributed by atoms with Crippen molar-refractivity contribution in [3.8, 4) is 5.75 Å². The average molecular weight is 648 g/mol. The molecule has 2 saturated carbocycles. The number of ether oxygens (including phenoxy) is 1. The highest BCUT2D eigenvalue weighted by molar-refractivity contribution is 5.97. The summed E-state index contributed by atoms with van der Waals surface area (Å²) in [5.74, 6) is -3.31. The number of pyridine rings is 1. The summed E-state index contributed by atoms with van der Waals surface area (Å²) in [4.78, 5) is 71.9. The van der Waals surface area contributed by atoms with Gasteiger partial charge in [-0.25, -0.2) is 4.79 Å². The number of nitrogens with zero attached hydrogens (tertiary/aromatic N) is 2. The number of carboxylic acids is 1. The number of hydrogen-bond donors (Lipinski definition) is 4. The molecule has 12 heteroatoms. The fourth-order valence-electron chi connectivity index (χ4n) is 7.06. The van der Waals surface area contributed by atoms with Gasteiger partial charge in [0.05, 0.1) is 12.1 Å². The topological polar surface area (TPSA) is 167 Å². The zero-order chi connectivity index (χ0) is 33.9. The van der Waals surface area contributed by atoms with Crippen molar-refractivity contribution in [3.63, 3.8) is 0 Å². The van der Waals surface area contributed by atoms with Gasteiger partial charge in [-0.15, -0.1) is 6.58 Å². The first kappa shape index (κ1) is 33.9. The van der Waals surface area contributed by atoms with Crippen LogP contribution in [0.2, 0.25) is 0 Å². The molecule has 3 fully saturated rings. The first-order chi connectivity index (χ1) is 22.4. The second kappa shape index (κ2) is 14.1. The Labute approximate surface area is 274 Å². The Morgan fingerprint density at radius 2 is 1.81 bits per heavy atom. The van der Waals surface area contributed by atoms with Gasteiger partial charge in [0.25, 0.3) is 0 Å². The lowest BCUT2D eigenvalue weighted by molar-refractivity contribution is -0.146. The maximum Gasteiger partial charge on any atom is 0.330 e. The second-order valence-electron chi connectivity index (χ2n) is 13.4. The molecule has 4 amide bonds. The van der Waals surface area contributed by atoms with Gasteiger partial charge in [-0.1, -0.05) is 51.3 Å². The minimum atomic E-state index is -1.48. The number of benzene rings is 1. The molecule has 2 aliphatic carbocycles. The van der Waals surface area contributed by atoms with Gasteiger partial charge in [0.1, 0.15) is 35.5 Å². The zero-order valence-corrected chi connectivity index (χ0v) is 27.2. The van der Waals surface area contributed by atoms with E-state index >= 15 is 0 Å². The van der Waals surface area contributed by atoms with Crippen LogP contribution in [0, 0.1) is 17.8 Å². The van der Waals surface area contributed by atoms with Gasteiger partial charge in [0.15, 0.2) is 0 Å². The Bertz CT molecular complexity index is 1530. The molecule has 5 rings (SSSR count). The summed E-state index contributed by atoms with van der Waals surface area (Å²) in [5.41, 5.74) is -0.752. The Kier molecular flexibility index (Phi) is 10.2. The summed E-state index contributed by atoms with van der Waals surface area (Å²) < 4.78 is 6.39. The number of likely N-dealkylation sites (tertiary alicyclic amines) is 1. The van der Waals surface area contributed by atoms with Crippen LogP contribution in [0.15, 0.2) is 49.2 Å². The van der Waals surface area contributed by atoms with E-state index in [0.717, 1.165) is 43.0 Å². The van der Waals surface area contributed by atoms with E-state index in [1.54, 1.807) is 26.1 Å². The van der Waals surface area contributed by atoms with Gasteiger partial charge in [-0.2, -0.15) is 0 Å². The SMILES string of the molecule is C=C[C@@H]1C[C@]1(NC(=O)[C@H]1C[C@@H](Oc2ccnc3ccccc23)CN1C(=O)[C@@H](NC(=O)[C@@H](NC(C)=O)C1CCCCC1)C(C)C)C(=O)O. The third kappa shape index (κ3) is 7.26. The van der Waals surface area contributed by atoms with E-state index in [4.69, 9.17) is 4.74 Å². The van der Waals surface area contributed by atoms with Gasteiger partial charge < -0.3 is 30.7 Å². The highest BCUT2D eigenvalue weighted by atomic mass is 16.5. The van der Waals surface area contributed by atoms with Crippen molar-refractivity contribution in [2.24, 2.45) is 17.8 Å². The highest BCUT2D eigenvalue weighted by Crippen LogP contribution is 2.45. The number of hydrogen-bond acceptors (Lipinski definition) is 7. The third-order valence-electron chi connectivity index (χ3n) is 9.77. The number of para-hydroxylation sites is 1. The molecule has 1 aromatic carbocycles. The van der Waals surface area contributed by atoms with Gasteiger partial charge >= 0.3 is 5.97 Å². The lowest BCUT2D eigenvalue weighted by Gasteiger charge is -2.34. The predicted molar refractivity (Wildman–Crippen MR) is 174 cm³/mol. The second-order valence-corrected chi connectivity index (χ2v) is 13.4. The van der Waals surface area contributed by atoms with Crippen molar-refractivity contribution in [1.82, 2.24) is 25.8 Å². The summed E-state index contributed by atoms with van der Waals surface area (Å²) in [6, 6.07) is 6.36. The minimum Gasteiger partial charge on any atom is -0.488 e. The number of aromatic nitrogens is 1. The Balaban J connectivity index is 1.40. The van der Waals surface area contributed by atoms with Crippen LogP contribution in [0.1, 0.15) is 65.7 Å².